The predicted octanol–water partition coefficient (Wildman–Crippen LogP) is 5.75. The molecule has 0 bridgehead atoms. The third-order valence-corrected chi connectivity index (χ3v) is 4.39. The van der Waals surface area contributed by atoms with Crippen molar-refractivity contribution in [2.75, 3.05) is 5.32 Å². The summed E-state index contributed by atoms with van der Waals surface area (Å²) in [7, 11) is 0. The zero-order valence-corrected chi connectivity index (χ0v) is 14.6. The van der Waals surface area contributed by atoms with Crippen molar-refractivity contribution in [3.05, 3.63) is 64.3 Å². The third kappa shape index (κ3) is 3.66. The summed E-state index contributed by atoms with van der Waals surface area (Å²) in [5.74, 6) is 0. The molecule has 2 aromatic carbocycles. The van der Waals surface area contributed by atoms with Crippen LogP contribution >= 0.6 is 23.2 Å². The summed E-state index contributed by atoms with van der Waals surface area (Å²) < 4.78 is 0. The Bertz CT molecular complexity index is 876. The Kier molecular flexibility index (Phi) is 4.97. The van der Waals surface area contributed by atoms with Crippen molar-refractivity contribution < 1.29 is 4.79 Å². The number of urea groups is 1. The molecule has 4 nitrogen and oxygen atoms in total. The third-order valence-electron chi connectivity index (χ3n) is 3.84. The van der Waals surface area contributed by atoms with Gasteiger partial charge < -0.3 is 15.6 Å². The number of amides is 2. The number of fused-ring (bicyclic) bond motifs is 1. The van der Waals surface area contributed by atoms with Gasteiger partial charge in [-0.1, -0.05) is 42.3 Å². The molecule has 3 aromatic rings. The zero-order valence-electron chi connectivity index (χ0n) is 13.1. The lowest BCUT2D eigenvalue weighted by molar-refractivity contribution is 0.248. The van der Waals surface area contributed by atoms with Crippen LogP contribution in [0.3, 0.4) is 0 Å². The van der Waals surface area contributed by atoms with E-state index >= 15 is 0 Å². The molecule has 0 aliphatic rings. The van der Waals surface area contributed by atoms with Gasteiger partial charge >= 0.3 is 6.03 Å². The highest BCUT2D eigenvalue weighted by molar-refractivity contribution is 6.35. The Morgan fingerprint density at radius 1 is 1.21 bits per heavy atom. The number of hydrogen-bond donors (Lipinski definition) is 3. The fraction of sp³-hybridized carbons (Fsp3) is 0.167. The quantitative estimate of drug-likeness (QED) is 0.544. The van der Waals surface area contributed by atoms with Crippen LogP contribution in [0.5, 0.6) is 0 Å². The normalized spacial score (nSPS) is 12.1. The molecule has 1 unspecified atom stereocenters. The van der Waals surface area contributed by atoms with Crippen molar-refractivity contribution in [1.29, 1.82) is 0 Å². The highest BCUT2D eigenvalue weighted by Crippen LogP contribution is 2.27. The molecule has 2 amide bonds. The fourth-order valence-electron chi connectivity index (χ4n) is 2.66. The molecule has 0 saturated heterocycles. The number of halogens is 2. The van der Waals surface area contributed by atoms with Crippen LogP contribution in [0.2, 0.25) is 10.0 Å². The van der Waals surface area contributed by atoms with E-state index in [1.165, 1.54) is 0 Å². The average molecular weight is 362 g/mol. The van der Waals surface area contributed by atoms with E-state index in [0.717, 1.165) is 22.9 Å². The number of aromatic amines is 1. The van der Waals surface area contributed by atoms with Gasteiger partial charge in [0.1, 0.15) is 0 Å². The summed E-state index contributed by atoms with van der Waals surface area (Å²) >= 11 is 12.3. The summed E-state index contributed by atoms with van der Waals surface area (Å²) in [4.78, 5) is 15.4. The second-order valence-electron chi connectivity index (χ2n) is 5.51. The van der Waals surface area contributed by atoms with E-state index in [2.05, 4.69) is 15.6 Å². The number of benzene rings is 2. The highest BCUT2D eigenvalue weighted by Gasteiger charge is 2.14. The summed E-state index contributed by atoms with van der Waals surface area (Å²) in [6.45, 7) is 2.01. The van der Waals surface area contributed by atoms with Crippen molar-refractivity contribution in [3.8, 4) is 0 Å². The van der Waals surface area contributed by atoms with Crippen LogP contribution < -0.4 is 10.6 Å². The van der Waals surface area contributed by atoms with Gasteiger partial charge in [-0.3, -0.25) is 0 Å². The highest BCUT2D eigenvalue weighted by atomic mass is 35.5. The Morgan fingerprint density at radius 2 is 2.04 bits per heavy atom. The van der Waals surface area contributed by atoms with Gasteiger partial charge in [0.2, 0.25) is 0 Å². The van der Waals surface area contributed by atoms with Gasteiger partial charge in [0.25, 0.3) is 0 Å². The number of aromatic nitrogens is 1. The number of H-pyrrole nitrogens is 1. The molecule has 24 heavy (non-hydrogen) atoms. The maximum Gasteiger partial charge on any atom is 0.319 e. The summed E-state index contributed by atoms with van der Waals surface area (Å²) in [5, 5.41) is 7.95. The zero-order chi connectivity index (χ0) is 17.1. The first-order valence-electron chi connectivity index (χ1n) is 7.66. The molecule has 0 saturated carbocycles. The van der Waals surface area contributed by atoms with Gasteiger partial charge in [0.05, 0.1) is 11.1 Å². The van der Waals surface area contributed by atoms with E-state index in [-0.39, 0.29) is 12.1 Å². The molecule has 0 aliphatic heterocycles. The Labute approximate surface area is 150 Å². The minimum Gasteiger partial charge on any atom is -0.361 e. The summed E-state index contributed by atoms with van der Waals surface area (Å²) in [6, 6.07) is 12.6. The smallest absolute Gasteiger partial charge is 0.319 e. The maximum absolute atomic E-state index is 12.3. The van der Waals surface area contributed by atoms with E-state index in [1.54, 1.807) is 6.07 Å². The second-order valence-corrected chi connectivity index (χ2v) is 6.35. The first kappa shape index (κ1) is 16.7. The number of rotatable bonds is 4. The van der Waals surface area contributed by atoms with Crippen molar-refractivity contribution in [2.24, 2.45) is 0 Å². The number of nitrogens with one attached hydrogen (secondary N) is 3. The van der Waals surface area contributed by atoms with E-state index in [1.807, 2.05) is 49.5 Å². The number of carbonyl (C=O) groups is 1. The molecule has 124 valence electrons. The summed E-state index contributed by atoms with van der Waals surface area (Å²) in [5.41, 5.74) is 2.48. The molecule has 3 rings (SSSR count). The first-order chi connectivity index (χ1) is 11.6. The average Bonchev–Trinajstić information content (AvgIpc) is 3.01. The van der Waals surface area contributed by atoms with E-state index < -0.39 is 0 Å². The van der Waals surface area contributed by atoms with Crippen molar-refractivity contribution in [2.45, 2.75) is 19.4 Å². The molecular formula is C18H17Cl2N3O. The lowest BCUT2D eigenvalue weighted by atomic mass is 10.1. The lowest BCUT2D eigenvalue weighted by Crippen LogP contribution is -2.32. The monoisotopic (exact) mass is 361 g/mol. The molecule has 0 spiro atoms. The van der Waals surface area contributed by atoms with Gasteiger partial charge in [-0.2, -0.15) is 0 Å². The second kappa shape index (κ2) is 7.16. The van der Waals surface area contributed by atoms with Gasteiger partial charge in [0, 0.05) is 27.8 Å². The van der Waals surface area contributed by atoms with Crippen molar-refractivity contribution in [3.63, 3.8) is 0 Å². The van der Waals surface area contributed by atoms with Gasteiger partial charge in [-0.25, -0.2) is 4.79 Å². The van der Waals surface area contributed by atoms with E-state index in [0.29, 0.717) is 15.7 Å². The predicted molar refractivity (Wildman–Crippen MR) is 99.9 cm³/mol. The molecule has 6 heteroatoms. The fourth-order valence-corrected chi connectivity index (χ4v) is 3.14. The Hall–Kier alpha value is -2.17. The van der Waals surface area contributed by atoms with Gasteiger partial charge in [0.15, 0.2) is 0 Å². The van der Waals surface area contributed by atoms with Crippen molar-refractivity contribution >= 4 is 45.8 Å². The largest absolute Gasteiger partial charge is 0.361 e. The molecule has 0 radical (unpaired) electrons. The molecule has 1 atom stereocenters. The van der Waals surface area contributed by atoms with Crippen LogP contribution in [0, 0.1) is 0 Å². The van der Waals surface area contributed by atoms with Crippen LogP contribution in [0.4, 0.5) is 10.5 Å². The molecule has 3 N–H and O–H groups in total. The minimum absolute atomic E-state index is 0.117. The number of carbonyl (C=O) groups excluding carboxylic acids is 1. The number of hydrogen-bond acceptors (Lipinski definition) is 1. The lowest BCUT2D eigenvalue weighted by Gasteiger charge is -2.18. The van der Waals surface area contributed by atoms with Gasteiger partial charge in [-0.15, -0.1) is 0 Å². The van der Waals surface area contributed by atoms with Crippen LogP contribution in [0.1, 0.15) is 24.9 Å². The SMILES string of the molecule is CCC(NC(=O)Nc1cc(Cl)c2cc[nH]c2c1)c1cccc(Cl)c1. The maximum atomic E-state index is 12.3. The Balaban J connectivity index is 1.73. The standard InChI is InChI=1S/C18H17Cl2N3O/c1-2-16(11-4-3-5-12(19)8-11)23-18(24)22-13-9-15(20)14-6-7-21-17(14)10-13/h3-10,16,21H,2H2,1H3,(H2,22,23,24). The molecule has 1 heterocycles. The van der Waals surface area contributed by atoms with Crippen LogP contribution in [-0.4, -0.2) is 11.0 Å². The topological polar surface area (TPSA) is 56.9 Å². The van der Waals surface area contributed by atoms with Crippen LogP contribution in [0.15, 0.2) is 48.7 Å². The van der Waals surface area contributed by atoms with Gasteiger partial charge in [-0.05, 0) is 42.3 Å². The van der Waals surface area contributed by atoms with Crippen LogP contribution in [-0.2, 0) is 0 Å². The van der Waals surface area contributed by atoms with E-state index in [9.17, 15) is 4.79 Å². The molecule has 1 aromatic heterocycles. The Morgan fingerprint density at radius 3 is 2.79 bits per heavy atom. The molecule has 0 aliphatic carbocycles. The van der Waals surface area contributed by atoms with Crippen LogP contribution in [0.25, 0.3) is 10.9 Å². The number of anilines is 1. The van der Waals surface area contributed by atoms with Crippen molar-refractivity contribution in [1.82, 2.24) is 10.3 Å². The van der Waals surface area contributed by atoms with E-state index in [4.69, 9.17) is 23.2 Å². The minimum atomic E-state index is -0.288. The first-order valence-corrected chi connectivity index (χ1v) is 8.42. The summed E-state index contributed by atoms with van der Waals surface area (Å²) in [6.07, 6.45) is 2.57. The molecular weight excluding hydrogens is 345 g/mol. The molecule has 0 fully saturated rings.